The average molecular weight is 232 g/mol. The van der Waals surface area contributed by atoms with E-state index >= 15 is 0 Å². The van der Waals surface area contributed by atoms with Crippen molar-refractivity contribution in [2.75, 3.05) is 0 Å². The van der Waals surface area contributed by atoms with Crippen molar-refractivity contribution in [3.8, 4) is 11.4 Å². The molecule has 16 heavy (non-hydrogen) atoms. The van der Waals surface area contributed by atoms with Crippen LogP contribution in [0.15, 0.2) is 28.8 Å². The van der Waals surface area contributed by atoms with Gasteiger partial charge in [-0.25, -0.2) is 4.39 Å². The Kier molecular flexibility index (Phi) is 2.37. The molecule has 1 heterocycles. The highest BCUT2D eigenvalue weighted by atomic mass is 19.4. The highest BCUT2D eigenvalue weighted by molar-refractivity contribution is 5.53. The molecule has 0 bridgehead atoms. The number of alkyl halides is 3. The van der Waals surface area contributed by atoms with Crippen LogP contribution in [0.3, 0.4) is 0 Å². The molecular formula is C9H4F4N2O. The van der Waals surface area contributed by atoms with Gasteiger partial charge < -0.3 is 4.52 Å². The standard InChI is InChI=1S/C9H4F4N2O/c10-6-3-1-2-5(4-6)7-14-8(16-15-7)9(11,12)13/h1-4H. The van der Waals surface area contributed by atoms with Crippen LogP contribution in [0, 0.1) is 5.82 Å². The third-order valence-electron chi connectivity index (χ3n) is 1.75. The SMILES string of the molecule is Fc1cccc(-c2noc(C(F)(F)F)n2)c1. The van der Waals surface area contributed by atoms with Crippen LogP contribution in [0.25, 0.3) is 11.4 Å². The number of nitrogens with zero attached hydrogens (tertiary/aromatic N) is 2. The molecule has 1 aromatic heterocycles. The zero-order valence-corrected chi connectivity index (χ0v) is 7.62. The van der Waals surface area contributed by atoms with Crippen LogP contribution in [0.5, 0.6) is 0 Å². The summed E-state index contributed by atoms with van der Waals surface area (Å²) in [6.45, 7) is 0. The third-order valence-corrected chi connectivity index (χ3v) is 1.75. The Labute approximate surface area is 86.7 Å². The van der Waals surface area contributed by atoms with Gasteiger partial charge in [0.2, 0.25) is 5.82 Å². The minimum Gasteiger partial charge on any atom is -0.329 e. The van der Waals surface area contributed by atoms with Crippen molar-refractivity contribution in [2.45, 2.75) is 6.18 Å². The molecule has 3 nitrogen and oxygen atoms in total. The molecular weight excluding hydrogens is 228 g/mol. The predicted octanol–water partition coefficient (Wildman–Crippen LogP) is 2.89. The summed E-state index contributed by atoms with van der Waals surface area (Å²) < 4.78 is 53.2. The second kappa shape index (κ2) is 3.58. The van der Waals surface area contributed by atoms with Crippen molar-refractivity contribution < 1.29 is 22.1 Å². The van der Waals surface area contributed by atoms with E-state index in [2.05, 4.69) is 14.7 Å². The molecule has 0 N–H and O–H groups in total. The minimum atomic E-state index is -4.70. The zero-order valence-electron chi connectivity index (χ0n) is 7.62. The molecule has 0 radical (unpaired) electrons. The van der Waals surface area contributed by atoms with Crippen LogP contribution in [-0.4, -0.2) is 10.1 Å². The van der Waals surface area contributed by atoms with Crippen molar-refractivity contribution in [3.05, 3.63) is 36.0 Å². The number of hydrogen-bond donors (Lipinski definition) is 0. The lowest BCUT2D eigenvalue weighted by molar-refractivity contribution is -0.159. The summed E-state index contributed by atoms with van der Waals surface area (Å²) >= 11 is 0. The maximum absolute atomic E-state index is 12.8. The Morgan fingerprint density at radius 2 is 1.94 bits per heavy atom. The van der Waals surface area contributed by atoms with Gasteiger partial charge in [0.15, 0.2) is 0 Å². The second-order valence-electron chi connectivity index (χ2n) is 2.93. The highest BCUT2D eigenvalue weighted by Gasteiger charge is 2.38. The molecule has 84 valence electrons. The summed E-state index contributed by atoms with van der Waals surface area (Å²) in [5.41, 5.74) is 0.124. The summed E-state index contributed by atoms with van der Waals surface area (Å²) in [5.74, 6) is -2.34. The van der Waals surface area contributed by atoms with Crippen LogP contribution in [0.4, 0.5) is 17.6 Å². The molecule has 0 aliphatic carbocycles. The third kappa shape index (κ3) is 2.02. The first-order valence-electron chi connectivity index (χ1n) is 4.13. The lowest BCUT2D eigenvalue weighted by atomic mass is 10.2. The first-order chi connectivity index (χ1) is 7.47. The van der Waals surface area contributed by atoms with E-state index in [0.717, 1.165) is 12.1 Å². The van der Waals surface area contributed by atoms with Gasteiger partial charge in [0.05, 0.1) is 0 Å². The van der Waals surface area contributed by atoms with Gasteiger partial charge in [-0.15, -0.1) is 0 Å². The highest BCUT2D eigenvalue weighted by Crippen LogP contribution is 2.29. The van der Waals surface area contributed by atoms with E-state index in [9.17, 15) is 17.6 Å². The predicted molar refractivity (Wildman–Crippen MR) is 44.7 cm³/mol. The number of halogens is 4. The number of benzene rings is 1. The molecule has 0 saturated heterocycles. The van der Waals surface area contributed by atoms with E-state index in [-0.39, 0.29) is 11.4 Å². The van der Waals surface area contributed by atoms with E-state index in [1.807, 2.05) is 0 Å². The van der Waals surface area contributed by atoms with Crippen LogP contribution in [-0.2, 0) is 6.18 Å². The lowest BCUT2D eigenvalue weighted by Gasteiger charge is -1.96. The van der Waals surface area contributed by atoms with Gasteiger partial charge in [0.1, 0.15) is 5.82 Å². The topological polar surface area (TPSA) is 38.9 Å². The minimum absolute atomic E-state index is 0.124. The van der Waals surface area contributed by atoms with E-state index in [4.69, 9.17) is 0 Å². The fourth-order valence-electron chi connectivity index (χ4n) is 1.08. The molecule has 7 heteroatoms. The molecule has 0 saturated carbocycles. The molecule has 0 aliphatic heterocycles. The molecule has 0 unspecified atom stereocenters. The van der Waals surface area contributed by atoms with Crippen LogP contribution < -0.4 is 0 Å². The molecule has 0 fully saturated rings. The Morgan fingerprint density at radius 1 is 1.19 bits per heavy atom. The maximum atomic E-state index is 12.8. The van der Waals surface area contributed by atoms with Gasteiger partial charge in [-0.05, 0) is 12.1 Å². The fourth-order valence-corrected chi connectivity index (χ4v) is 1.08. The fraction of sp³-hybridized carbons (Fsp3) is 0.111. The Bertz CT molecular complexity index is 506. The number of rotatable bonds is 1. The Balaban J connectivity index is 2.39. The first kappa shape index (κ1) is 10.6. The maximum Gasteiger partial charge on any atom is 0.471 e. The molecule has 2 aromatic rings. The number of hydrogen-bond acceptors (Lipinski definition) is 3. The lowest BCUT2D eigenvalue weighted by Crippen LogP contribution is -2.04. The van der Waals surface area contributed by atoms with E-state index in [1.54, 1.807) is 0 Å². The van der Waals surface area contributed by atoms with Gasteiger partial charge in [0.25, 0.3) is 0 Å². The number of aromatic nitrogens is 2. The van der Waals surface area contributed by atoms with Gasteiger partial charge in [0, 0.05) is 5.56 Å². The largest absolute Gasteiger partial charge is 0.471 e. The molecule has 1 aromatic carbocycles. The second-order valence-corrected chi connectivity index (χ2v) is 2.93. The first-order valence-corrected chi connectivity index (χ1v) is 4.13. The summed E-state index contributed by atoms with van der Waals surface area (Å²) in [6.07, 6.45) is -4.70. The summed E-state index contributed by atoms with van der Waals surface area (Å²) in [4.78, 5) is 3.12. The molecule has 0 amide bonds. The monoisotopic (exact) mass is 232 g/mol. The zero-order chi connectivity index (χ0) is 11.8. The molecule has 0 atom stereocenters. The average Bonchev–Trinajstić information content (AvgIpc) is 2.65. The smallest absolute Gasteiger partial charge is 0.329 e. The summed E-state index contributed by atoms with van der Waals surface area (Å²) in [5, 5.41) is 3.12. The Morgan fingerprint density at radius 3 is 2.50 bits per heavy atom. The van der Waals surface area contributed by atoms with Crippen molar-refractivity contribution in [1.29, 1.82) is 0 Å². The van der Waals surface area contributed by atoms with E-state index < -0.39 is 17.9 Å². The molecule has 0 aliphatic rings. The van der Waals surface area contributed by atoms with Crippen molar-refractivity contribution in [3.63, 3.8) is 0 Å². The van der Waals surface area contributed by atoms with Crippen LogP contribution >= 0.6 is 0 Å². The van der Waals surface area contributed by atoms with Gasteiger partial charge >= 0.3 is 12.1 Å². The van der Waals surface area contributed by atoms with Crippen LogP contribution in [0.2, 0.25) is 0 Å². The van der Waals surface area contributed by atoms with E-state index in [1.165, 1.54) is 12.1 Å². The van der Waals surface area contributed by atoms with Crippen molar-refractivity contribution in [1.82, 2.24) is 10.1 Å². The van der Waals surface area contributed by atoms with E-state index in [0.29, 0.717) is 0 Å². The van der Waals surface area contributed by atoms with Gasteiger partial charge in [-0.2, -0.15) is 18.2 Å². The van der Waals surface area contributed by atoms with Crippen molar-refractivity contribution in [2.24, 2.45) is 0 Å². The normalized spacial score (nSPS) is 11.8. The van der Waals surface area contributed by atoms with Gasteiger partial charge in [-0.1, -0.05) is 17.3 Å². The Hall–Kier alpha value is -1.92. The van der Waals surface area contributed by atoms with Crippen LogP contribution in [0.1, 0.15) is 5.89 Å². The van der Waals surface area contributed by atoms with Gasteiger partial charge in [-0.3, -0.25) is 0 Å². The summed E-state index contributed by atoms with van der Waals surface area (Å²) in [7, 11) is 0. The molecule has 2 rings (SSSR count). The quantitative estimate of drug-likeness (QED) is 0.709. The molecule has 0 spiro atoms. The summed E-state index contributed by atoms with van der Waals surface area (Å²) in [6, 6.07) is 4.90. The van der Waals surface area contributed by atoms with Crippen molar-refractivity contribution >= 4 is 0 Å².